The molecule has 0 aromatic heterocycles. The number of rotatable bonds is 4. The standard InChI is InChI=1S/C9H6ClF3N2O4/c10-6-3-5(1-2-7(6)15(17)18)8(16)14-19-4-9(11,12)13/h1-3H,4H2,(H,14,16). The number of carbonyl (C=O) groups excluding carboxylic acids is 1. The Labute approximate surface area is 109 Å². The summed E-state index contributed by atoms with van der Waals surface area (Å²) in [4.78, 5) is 25.0. The monoisotopic (exact) mass is 298 g/mol. The molecule has 0 aliphatic rings. The van der Waals surface area contributed by atoms with Gasteiger partial charge in [-0.15, -0.1) is 0 Å². The Bertz CT molecular complexity index is 507. The van der Waals surface area contributed by atoms with E-state index in [1.54, 1.807) is 5.48 Å². The minimum absolute atomic E-state index is 0.169. The molecule has 0 fully saturated rings. The second-order valence-corrected chi connectivity index (χ2v) is 3.67. The van der Waals surface area contributed by atoms with Crippen molar-refractivity contribution in [2.24, 2.45) is 0 Å². The molecule has 104 valence electrons. The fourth-order valence-corrected chi connectivity index (χ4v) is 1.29. The van der Waals surface area contributed by atoms with Gasteiger partial charge in [0.05, 0.1) is 4.92 Å². The van der Waals surface area contributed by atoms with Crippen LogP contribution in [0.5, 0.6) is 0 Å². The van der Waals surface area contributed by atoms with Gasteiger partial charge in [-0.05, 0) is 12.1 Å². The van der Waals surface area contributed by atoms with E-state index in [0.29, 0.717) is 0 Å². The number of hydrogen-bond donors (Lipinski definition) is 1. The average Bonchev–Trinajstić information content (AvgIpc) is 2.26. The van der Waals surface area contributed by atoms with Crippen LogP contribution in [0.25, 0.3) is 0 Å². The Hall–Kier alpha value is -1.87. The number of hydrogen-bond acceptors (Lipinski definition) is 4. The van der Waals surface area contributed by atoms with E-state index in [9.17, 15) is 28.1 Å². The molecule has 10 heteroatoms. The van der Waals surface area contributed by atoms with E-state index in [4.69, 9.17) is 11.6 Å². The SMILES string of the molecule is O=C(NOCC(F)(F)F)c1ccc([N+](=O)[O-])c(Cl)c1. The minimum Gasteiger partial charge on any atom is -0.267 e. The maximum atomic E-state index is 11.7. The van der Waals surface area contributed by atoms with E-state index in [1.807, 2.05) is 0 Å². The zero-order valence-electron chi connectivity index (χ0n) is 9.03. The van der Waals surface area contributed by atoms with Crippen molar-refractivity contribution in [3.63, 3.8) is 0 Å². The van der Waals surface area contributed by atoms with Gasteiger partial charge in [-0.1, -0.05) is 11.6 Å². The highest BCUT2D eigenvalue weighted by Crippen LogP contribution is 2.24. The maximum Gasteiger partial charge on any atom is 0.414 e. The second-order valence-electron chi connectivity index (χ2n) is 3.26. The van der Waals surface area contributed by atoms with E-state index >= 15 is 0 Å². The van der Waals surface area contributed by atoms with Crippen LogP contribution in [0.4, 0.5) is 18.9 Å². The van der Waals surface area contributed by atoms with Gasteiger partial charge < -0.3 is 0 Å². The fraction of sp³-hybridized carbons (Fsp3) is 0.222. The Morgan fingerprint density at radius 1 is 1.47 bits per heavy atom. The number of nitrogens with zero attached hydrogens (tertiary/aromatic N) is 1. The summed E-state index contributed by atoms with van der Waals surface area (Å²) >= 11 is 5.53. The number of hydroxylamine groups is 1. The largest absolute Gasteiger partial charge is 0.414 e. The first-order chi connectivity index (χ1) is 8.70. The third kappa shape index (κ3) is 4.72. The van der Waals surface area contributed by atoms with Gasteiger partial charge in [0.15, 0.2) is 6.61 Å². The third-order valence-electron chi connectivity index (χ3n) is 1.81. The molecule has 0 aliphatic carbocycles. The minimum atomic E-state index is -4.58. The molecule has 1 N–H and O–H groups in total. The topological polar surface area (TPSA) is 81.5 Å². The summed E-state index contributed by atoms with van der Waals surface area (Å²) in [6, 6.07) is 2.95. The van der Waals surface area contributed by atoms with Crippen molar-refractivity contribution in [3.8, 4) is 0 Å². The van der Waals surface area contributed by atoms with Crippen LogP contribution in [0.3, 0.4) is 0 Å². The van der Waals surface area contributed by atoms with Crippen molar-refractivity contribution in [1.29, 1.82) is 0 Å². The predicted molar refractivity (Wildman–Crippen MR) is 57.6 cm³/mol. The molecule has 0 radical (unpaired) electrons. The molecule has 0 unspecified atom stereocenters. The highest BCUT2D eigenvalue weighted by Gasteiger charge is 2.28. The van der Waals surface area contributed by atoms with Crippen LogP contribution in [-0.2, 0) is 4.84 Å². The number of alkyl halides is 3. The highest BCUT2D eigenvalue weighted by molar-refractivity contribution is 6.33. The van der Waals surface area contributed by atoms with Crippen molar-refractivity contribution in [3.05, 3.63) is 38.9 Å². The Morgan fingerprint density at radius 2 is 2.11 bits per heavy atom. The quantitative estimate of drug-likeness (QED) is 0.684. The van der Waals surface area contributed by atoms with Crippen molar-refractivity contribution < 1.29 is 27.7 Å². The smallest absolute Gasteiger partial charge is 0.267 e. The lowest BCUT2D eigenvalue weighted by atomic mass is 10.2. The third-order valence-corrected chi connectivity index (χ3v) is 2.11. The number of nitrogens with one attached hydrogen (secondary N) is 1. The van der Waals surface area contributed by atoms with E-state index in [1.165, 1.54) is 0 Å². The fourth-order valence-electron chi connectivity index (χ4n) is 1.04. The number of halogens is 4. The Kier molecular flexibility index (Phi) is 4.67. The van der Waals surface area contributed by atoms with Crippen LogP contribution in [0.1, 0.15) is 10.4 Å². The van der Waals surface area contributed by atoms with E-state index in [-0.39, 0.29) is 10.6 Å². The molecular weight excluding hydrogens is 293 g/mol. The Morgan fingerprint density at radius 3 is 2.58 bits per heavy atom. The van der Waals surface area contributed by atoms with Gasteiger partial charge in [-0.2, -0.15) is 13.2 Å². The van der Waals surface area contributed by atoms with Crippen LogP contribution in [0, 0.1) is 10.1 Å². The molecule has 1 aromatic carbocycles. The molecule has 19 heavy (non-hydrogen) atoms. The van der Waals surface area contributed by atoms with Crippen molar-refractivity contribution in [2.75, 3.05) is 6.61 Å². The second kappa shape index (κ2) is 5.85. The molecule has 0 saturated carbocycles. The van der Waals surface area contributed by atoms with Gasteiger partial charge in [0.1, 0.15) is 5.02 Å². The zero-order chi connectivity index (χ0) is 14.6. The van der Waals surface area contributed by atoms with Crippen LogP contribution >= 0.6 is 11.6 Å². The molecule has 6 nitrogen and oxygen atoms in total. The zero-order valence-corrected chi connectivity index (χ0v) is 9.79. The normalized spacial score (nSPS) is 11.2. The summed E-state index contributed by atoms with van der Waals surface area (Å²) < 4.78 is 35.2. The number of benzene rings is 1. The molecule has 0 heterocycles. The summed E-state index contributed by atoms with van der Waals surface area (Å²) in [5, 5.41) is 10.1. The molecule has 0 saturated heterocycles. The predicted octanol–water partition coefficient (Wildman–Crippen LogP) is 2.47. The molecular formula is C9H6ClF3N2O4. The molecule has 1 amide bonds. The molecule has 0 aliphatic heterocycles. The molecule has 1 rings (SSSR count). The van der Waals surface area contributed by atoms with Crippen LogP contribution in [-0.4, -0.2) is 23.6 Å². The first kappa shape index (κ1) is 15.2. The van der Waals surface area contributed by atoms with Crippen molar-refractivity contribution in [2.45, 2.75) is 6.18 Å². The summed E-state index contributed by atoms with van der Waals surface area (Å²) in [5.74, 6) is -0.999. The number of carbonyl (C=O) groups is 1. The van der Waals surface area contributed by atoms with E-state index in [2.05, 4.69) is 4.84 Å². The van der Waals surface area contributed by atoms with E-state index < -0.39 is 29.3 Å². The highest BCUT2D eigenvalue weighted by atomic mass is 35.5. The first-order valence-corrected chi connectivity index (χ1v) is 5.01. The first-order valence-electron chi connectivity index (χ1n) is 4.63. The van der Waals surface area contributed by atoms with Crippen molar-refractivity contribution >= 4 is 23.2 Å². The van der Waals surface area contributed by atoms with Gasteiger partial charge in [0.2, 0.25) is 0 Å². The summed E-state index contributed by atoms with van der Waals surface area (Å²) in [6.07, 6.45) is -4.58. The summed E-state index contributed by atoms with van der Waals surface area (Å²) in [5.41, 5.74) is 0.953. The van der Waals surface area contributed by atoms with Crippen molar-refractivity contribution in [1.82, 2.24) is 5.48 Å². The van der Waals surface area contributed by atoms with E-state index in [0.717, 1.165) is 18.2 Å². The lowest BCUT2D eigenvalue weighted by molar-refractivity contribution is -0.384. The van der Waals surface area contributed by atoms with Crippen LogP contribution < -0.4 is 5.48 Å². The van der Waals surface area contributed by atoms with Gasteiger partial charge >= 0.3 is 6.18 Å². The van der Waals surface area contributed by atoms with Crippen LogP contribution in [0.2, 0.25) is 5.02 Å². The Balaban J connectivity index is 2.68. The molecule has 0 atom stereocenters. The lowest BCUT2D eigenvalue weighted by Crippen LogP contribution is -2.29. The van der Waals surface area contributed by atoms with Gasteiger partial charge in [-0.25, -0.2) is 5.48 Å². The summed E-state index contributed by atoms with van der Waals surface area (Å²) in [7, 11) is 0. The molecule has 0 spiro atoms. The lowest BCUT2D eigenvalue weighted by Gasteiger charge is -2.08. The van der Waals surface area contributed by atoms with Gasteiger partial charge in [0.25, 0.3) is 11.6 Å². The number of amides is 1. The molecule has 1 aromatic rings. The van der Waals surface area contributed by atoms with Crippen LogP contribution in [0.15, 0.2) is 18.2 Å². The number of nitro benzene ring substituents is 1. The van der Waals surface area contributed by atoms with Gasteiger partial charge in [-0.3, -0.25) is 19.7 Å². The number of nitro groups is 1. The average molecular weight is 299 g/mol. The maximum absolute atomic E-state index is 11.7. The molecule has 0 bridgehead atoms. The van der Waals surface area contributed by atoms with Gasteiger partial charge in [0, 0.05) is 11.6 Å². The summed E-state index contributed by atoms with van der Waals surface area (Å²) in [6.45, 7) is -1.65.